The summed E-state index contributed by atoms with van der Waals surface area (Å²) in [4.78, 5) is 4.08. The summed E-state index contributed by atoms with van der Waals surface area (Å²) in [6, 6.07) is 3.79. The molecule has 0 aliphatic rings. The van der Waals surface area contributed by atoms with Gasteiger partial charge in [0.2, 0.25) is 0 Å². The fraction of sp³-hybridized carbons (Fsp3) is 0.286. The van der Waals surface area contributed by atoms with Gasteiger partial charge in [0.05, 0.1) is 11.1 Å². The molecule has 0 radical (unpaired) electrons. The molecule has 0 aliphatic heterocycles. The Balaban J connectivity index is 2.96. The van der Waals surface area contributed by atoms with Crippen molar-refractivity contribution in [2.75, 3.05) is 0 Å². The van der Waals surface area contributed by atoms with Gasteiger partial charge in [-0.15, -0.1) is 11.6 Å². The molecule has 1 aromatic rings. The fourth-order valence-corrected chi connectivity index (χ4v) is 1.11. The molecule has 0 spiro atoms. The van der Waals surface area contributed by atoms with E-state index in [0.717, 1.165) is 10.2 Å². The Morgan fingerprint density at radius 1 is 1.70 bits per heavy atom. The molecule has 0 bridgehead atoms. The molecule has 1 rings (SSSR count). The van der Waals surface area contributed by atoms with Crippen molar-refractivity contribution in [1.29, 1.82) is 0 Å². The van der Waals surface area contributed by atoms with Crippen LogP contribution in [-0.4, -0.2) is 4.98 Å². The first-order valence-corrected chi connectivity index (χ1v) is 4.18. The lowest BCUT2D eigenvalue weighted by atomic mass is 10.3. The molecule has 1 heterocycles. The topological polar surface area (TPSA) is 12.9 Å². The molecule has 54 valence electrons. The number of alkyl halides is 1. The quantitative estimate of drug-likeness (QED) is 0.663. The van der Waals surface area contributed by atoms with Crippen molar-refractivity contribution >= 4 is 27.5 Å². The van der Waals surface area contributed by atoms with Crippen molar-refractivity contribution in [2.45, 2.75) is 12.3 Å². The van der Waals surface area contributed by atoms with Crippen molar-refractivity contribution in [3.8, 4) is 0 Å². The number of rotatable bonds is 1. The minimum Gasteiger partial charge on any atom is -0.260 e. The molecule has 1 nitrogen and oxygen atoms in total. The molecule has 0 N–H and O–H groups in total. The largest absolute Gasteiger partial charge is 0.260 e. The van der Waals surface area contributed by atoms with Crippen molar-refractivity contribution < 1.29 is 0 Å². The SMILES string of the molecule is CC(Cl)c1cc(Br)ccn1. The minimum absolute atomic E-state index is 0.0162. The van der Waals surface area contributed by atoms with Crippen LogP contribution in [0.15, 0.2) is 22.8 Å². The summed E-state index contributed by atoms with van der Waals surface area (Å²) in [6.07, 6.45) is 1.73. The summed E-state index contributed by atoms with van der Waals surface area (Å²) >= 11 is 9.12. The zero-order chi connectivity index (χ0) is 7.56. The highest BCUT2D eigenvalue weighted by molar-refractivity contribution is 9.10. The summed E-state index contributed by atoms with van der Waals surface area (Å²) in [5.74, 6) is 0. The van der Waals surface area contributed by atoms with Gasteiger partial charge in [-0.3, -0.25) is 4.98 Å². The smallest absolute Gasteiger partial charge is 0.0729 e. The molecule has 0 aliphatic carbocycles. The highest BCUT2D eigenvalue weighted by Gasteiger charge is 2.00. The Morgan fingerprint density at radius 2 is 2.40 bits per heavy atom. The molecule has 0 amide bonds. The molecule has 0 fully saturated rings. The van der Waals surface area contributed by atoms with Crippen LogP contribution < -0.4 is 0 Å². The highest BCUT2D eigenvalue weighted by Crippen LogP contribution is 2.19. The first kappa shape index (κ1) is 8.02. The summed E-state index contributed by atoms with van der Waals surface area (Å²) in [5.41, 5.74) is 0.899. The van der Waals surface area contributed by atoms with Crippen LogP contribution in [0.2, 0.25) is 0 Å². The zero-order valence-corrected chi connectivity index (χ0v) is 7.85. The van der Waals surface area contributed by atoms with E-state index in [9.17, 15) is 0 Å². The lowest BCUT2D eigenvalue weighted by Gasteiger charge is -2.00. The van der Waals surface area contributed by atoms with Gasteiger partial charge in [-0.25, -0.2) is 0 Å². The number of nitrogens with zero attached hydrogens (tertiary/aromatic N) is 1. The summed E-state index contributed by atoms with van der Waals surface area (Å²) in [7, 11) is 0. The van der Waals surface area contributed by atoms with Crippen molar-refractivity contribution in [3.63, 3.8) is 0 Å². The summed E-state index contributed by atoms with van der Waals surface area (Å²) in [6.45, 7) is 1.90. The maximum absolute atomic E-state index is 5.79. The van der Waals surface area contributed by atoms with E-state index in [1.165, 1.54) is 0 Å². The number of hydrogen-bond acceptors (Lipinski definition) is 1. The van der Waals surface area contributed by atoms with Gasteiger partial charge in [0.25, 0.3) is 0 Å². The molecule has 1 unspecified atom stereocenters. The zero-order valence-electron chi connectivity index (χ0n) is 5.51. The number of pyridine rings is 1. The van der Waals surface area contributed by atoms with E-state index in [1.54, 1.807) is 6.20 Å². The molecular formula is C7H7BrClN. The fourth-order valence-electron chi connectivity index (χ4n) is 0.639. The van der Waals surface area contributed by atoms with Crippen LogP contribution in [0.1, 0.15) is 18.0 Å². The highest BCUT2D eigenvalue weighted by atomic mass is 79.9. The van der Waals surface area contributed by atoms with Crippen LogP contribution in [0.4, 0.5) is 0 Å². The van der Waals surface area contributed by atoms with E-state index in [4.69, 9.17) is 11.6 Å². The number of aromatic nitrogens is 1. The second-order valence-corrected chi connectivity index (χ2v) is 3.59. The predicted octanol–water partition coefficient (Wildman–Crippen LogP) is 3.14. The van der Waals surface area contributed by atoms with Crippen LogP contribution in [0.3, 0.4) is 0 Å². The molecule has 3 heteroatoms. The third-order valence-electron chi connectivity index (χ3n) is 1.15. The van der Waals surface area contributed by atoms with Crippen LogP contribution in [0, 0.1) is 0 Å². The van der Waals surface area contributed by atoms with Gasteiger partial charge < -0.3 is 0 Å². The molecular weight excluding hydrogens is 213 g/mol. The van der Waals surface area contributed by atoms with Gasteiger partial charge in [-0.05, 0) is 19.1 Å². The van der Waals surface area contributed by atoms with Crippen LogP contribution >= 0.6 is 27.5 Å². The first-order valence-electron chi connectivity index (χ1n) is 2.95. The van der Waals surface area contributed by atoms with Crippen molar-refractivity contribution in [2.24, 2.45) is 0 Å². The molecule has 1 aromatic heterocycles. The molecule has 0 saturated heterocycles. The van der Waals surface area contributed by atoms with E-state index < -0.39 is 0 Å². The van der Waals surface area contributed by atoms with Crippen molar-refractivity contribution in [3.05, 3.63) is 28.5 Å². The normalized spacial score (nSPS) is 13.1. The van der Waals surface area contributed by atoms with E-state index in [0.29, 0.717) is 0 Å². The Bertz CT molecular complexity index is 225. The number of hydrogen-bond donors (Lipinski definition) is 0. The molecule has 10 heavy (non-hydrogen) atoms. The van der Waals surface area contributed by atoms with E-state index in [1.807, 2.05) is 19.1 Å². The van der Waals surface area contributed by atoms with Gasteiger partial charge in [-0.1, -0.05) is 15.9 Å². The molecule has 1 atom stereocenters. The number of halogens is 2. The van der Waals surface area contributed by atoms with Gasteiger partial charge in [0, 0.05) is 10.7 Å². The van der Waals surface area contributed by atoms with Gasteiger partial charge >= 0.3 is 0 Å². The van der Waals surface area contributed by atoms with E-state index in [-0.39, 0.29) is 5.38 Å². The van der Waals surface area contributed by atoms with Gasteiger partial charge in [0.1, 0.15) is 0 Å². The van der Waals surface area contributed by atoms with Crippen LogP contribution in [0.25, 0.3) is 0 Å². The maximum Gasteiger partial charge on any atom is 0.0729 e. The molecule has 0 aromatic carbocycles. The third kappa shape index (κ3) is 1.96. The van der Waals surface area contributed by atoms with Crippen LogP contribution in [0.5, 0.6) is 0 Å². The second-order valence-electron chi connectivity index (χ2n) is 2.01. The van der Waals surface area contributed by atoms with E-state index >= 15 is 0 Å². The Labute approximate surface area is 73.6 Å². The minimum atomic E-state index is -0.0162. The van der Waals surface area contributed by atoms with E-state index in [2.05, 4.69) is 20.9 Å². The average Bonchev–Trinajstić information content (AvgIpc) is 1.88. The predicted molar refractivity (Wildman–Crippen MR) is 46.2 cm³/mol. The first-order chi connectivity index (χ1) is 4.70. The van der Waals surface area contributed by atoms with Crippen LogP contribution in [-0.2, 0) is 0 Å². The lowest BCUT2D eigenvalue weighted by molar-refractivity contribution is 0.992. The Morgan fingerprint density at radius 3 is 2.80 bits per heavy atom. The Hall–Kier alpha value is -0.0800. The van der Waals surface area contributed by atoms with Gasteiger partial charge in [0.15, 0.2) is 0 Å². The summed E-state index contributed by atoms with van der Waals surface area (Å²) in [5, 5.41) is -0.0162. The maximum atomic E-state index is 5.79. The lowest BCUT2D eigenvalue weighted by Crippen LogP contribution is -1.87. The monoisotopic (exact) mass is 219 g/mol. The second kappa shape index (κ2) is 3.35. The standard InChI is InChI=1S/C7H7BrClN/c1-5(9)7-4-6(8)2-3-10-7/h2-5H,1H3. The van der Waals surface area contributed by atoms with Crippen molar-refractivity contribution in [1.82, 2.24) is 4.98 Å². The van der Waals surface area contributed by atoms with Gasteiger partial charge in [-0.2, -0.15) is 0 Å². The third-order valence-corrected chi connectivity index (χ3v) is 1.87. The average molecular weight is 220 g/mol. The molecule has 0 saturated carbocycles. The summed E-state index contributed by atoms with van der Waals surface area (Å²) < 4.78 is 1.02. The Kier molecular flexibility index (Phi) is 2.69.